The number of allylic oxidation sites excluding steroid dienone is 3. The van der Waals surface area contributed by atoms with Crippen molar-refractivity contribution in [2.45, 2.75) is 12.8 Å². The Bertz CT molecular complexity index is 582. The Morgan fingerprint density at radius 1 is 1.15 bits per heavy atom. The third kappa shape index (κ3) is 1.92. The smallest absolute Gasteiger partial charge is 0.178 e. The zero-order valence-corrected chi connectivity index (χ0v) is 12.0. The molecule has 0 amide bonds. The number of anilines is 2. The standard InChI is InChI=1S/C14H18N4O2/c1-17-12-8-10(20-3)4-5-11(12)18(9-19-2)14-13(17)15-6-7-16-14/h6-8H,4-5,9H2,1-3H3. The van der Waals surface area contributed by atoms with Gasteiger partial charge in [-0.2, -0.15) is 0 Å². The number of rotatable bonds is 3. The molecule has 0 spiro atoms. The normalized spacial score (nSPS) is 17.6. The third-order valence-electron chi connectivity index (χ3n) is 3.64. The molecule has 2 aliphatic rings. The zero-order chi connectivity index (χ0) is 14.1. The molecule has 106 valence electrons. The van der Waals surface area contributed by atoms with E-state index in [1.54, 1.807) is 26.6 Å². The van der Waals surface area contributed by atoms with Gasteiger partial charge in [-0.05, 0) is 6.42 Å². The average Bonchev–Trinajstić information content (AvgIpc) is 2.51. The van der Waals surface area contributed by atoms with Crippen molar-refractivity contribution in [2.24, 2.45) is 0 Å². The fraction of sp³-hybridized carbons (Fsp3) is 0.429. The van der Waals surface area contributed by atoms with Crippen molar-refractivity contribution in [3.63, 3.8) is 0 Å². The number of methoxy groups -OCH3 is 2. The van der Waals surface area contributed by atoms with Crippen LogP contribution < -0.4 is 9.80 Å². The van der Waals surface area contributed by atoms with Crippen molar-refractivity contribution >= 4 is 11.6 Å². The summed E-state index contributed by atoms with van der Waals surface area (Å²) in [6, 6.07) is 0. The predicted octanol–water partition coefficient (Wildman–Crippen LogP) is 1.87. The van der Waals surface area contributed by atoms with E-state index < -0.39 is 0 Å². The highest BCUT2D eigenvalue weighted by Gasteiger charge is 2.32. The highest BCUT2D eigenvalue weighted by Crippen LogP contribution is 2.40. The number of likely N-dealkylation sites (N-methyl/N-ethyl adjacent to an activating group) is 1. The molecule has 6 heteroatoms. The number of fused-ring (bicyclic) bond motifs is 1. The molecule has 1 aromatic rings. The van der Waals surface area contributed by atoms with Crippen LogP contribution in [0.1, 0.15) is 12.8 Å². The molecular formula is C14H18N4O2. The Hall–Kier alpha value is -2.08. The van der Waals surface area contributed by atoms with Crippen LogP contribution in [-0.2, 0) is 9.47 Å². The predicted molar refractivity (Wildman–Crippen MR) is 76.1 cm³/mol. The average molecular weight is 274 g/mol. The number of aromatic nitrogens is 2. The molecule has 0 atom stereocenters. The summed E-state index contributed by atoms with van der Waals surface area (Å²) in [4.78, 5) is 13.0. The molecule has 0 bridgehead atoms. The lowest BCUT2D eigenvalue weighted by atomic mass is 10.0. The minimum absolute atomic E-state index is 0.467. The summed E-state index contributed by atoms with van der Waals surface area (Å²) in [6.45, 7) is 0.467. The molecule has 6 nitrogen and oxygen atoms in total. The fourth-order valence-corrected chi connectivity index (χ4v) is 2.66. The van der Waals surface area contributed by atoms with Gasteiger partial charge in [-0.25, -0.2) is 9.97 Å². The van der Waals surface area contributed by atoms with Gasteiger partial charge in [-0.1, -0.05) is 0 Å². The Labute approximate surface area is 118 Å². The monoisotopic (exact) mass is 274 g/mol. The maximum Gasteiger partial charge on any atom is 0.178 e. The lowest BCUT2D eigenvalue weighted by molar-refractivity contribution is 0.200. The maximum atomic E-state index is 5.39. The van der Waals surface area contributed by atoms with Gasteiger partial charge >= 0.3 is 0 Å². The molecule has 0 aromatic carbocycles. The van der Waals surface area contributed by atoms with Crippen LogP contribution in [0.25, 0.3) is 0 Å². The Balaban J connectivity index is 2.11. The highest BCUT2D eigenvalue weighted by atomic mass is 16.5. The van der Waals surface area contributed by atoms with Crippen LogP contribution in [0.2, 0.25) is 0 Å². The van der Waals surface area contributed by atoms with Crippen LogP contribution >= 0.6 is 0 Å². The van der Waals surface area contributed by atoms with E-state index >= 15 is 0 Å². The van der Waals surface area contributed by atoms with Crippen molar-refractivity contribution in [1.29, 1.82) is 0 Å². The summed E-state index contributed by atoms with van der Waals surface area (Å²) >= 11 is 0. The van der Waals surface area contributed by atoms with Gasteiger partial charge in [0.15, 0.2) is 11.6 Å². The Morgan fingerprint density at radius 3 is 2.60 bits per heavy atom. The van der Waals surface area contributed by atoms with Crippen LogP contribution in [0.3, 0.4) is 0 Å². The van der Waals surface area contributed by atoms with Gasteiger partial charge in [-0.15, -0.1) is 0 Å². The first-order valence-corrected chi connectivity index (χ1v) is 6.55. The Morgan fingerprint density at radius 2 is 1.90 bits per heavy atom. The number of hydrogen-bond donors (Lipinski definition) is 0. The first kappa shape index (κ1) is 12.9. The molecule has 0 saturated heterocycles. The first-order valence-electron chi connectivity index (χ1n) is 6.55. The molecule has 0 N–H and O–H groups in total. The molecule has 0 unspecified atom stereocenters. The van der Waals surface area contributed by atoms with Gasteiger partial charge in [0.1, 0.15) is 6.73 Å². The van der Waals surface area contributed by atoms with E-state index in [2.05, 4.69) is 25.8 Å². The minimum Gasteiger partial charge on any atom is -0.501 e. The van der Waals surface area contributed by atoms with E-state index in [1.807, 2.05) is 7.05 Å². The molecule has 3 rings (SSSR count). The summed E-state index contributed by atoms with van der Waals surface area (Å²) in [5.74, 6) is 2.65. The molecule has 0 fully saturated rings. The molecular weight excluding hydrogens is 256 g/mol. The zero-order valence-electron chi connectivity index (χ0n) is 12.0. The maximum absolute atomic E-state index is 5.39. The van der Waals surface area contributed by atoms with Gasteiger partial charge in [0.25, 0.3) is 0 Å². The highest BCUT2D eigenvalue weighted by molar-refractivity contribution is 5.73. The number of hydrogen-bond acceptors (Lipinski definition) is 6. The lowest BCUT2D eigenvalue weighted by Gasteiger charge is -2.39. The molecule has 0 radical (unpaired) electrons. The van der Waals surface area contributed by atoms with Crippen LogP contribution in [0.15, 0.2) is 35.6 Å². The number of ether oxygens (including phenoxy) is 2. The lowest BCUT2D eigenvalue weighted by Crippen LogP contribution is -2.37. The van der Waals surface area contributed by atoms with E-state index in [4.69, 9.17) is 9.47 Å². The van der Waals surface area contributed by atoms with Crippen LogP contribution in [0, 0.1) is 0 Å². The van der Waals surface area contributed by atoms with Crippen LogP contribution in [0.5, 0.6) is 0 Å². The first-order chi connectivity index (χ1) is 9.76. The molecule has 1 aliphatic carbocycles. The van der Waals surface area contributed by atoms with Gasteiger partial charge in [-0.3, -0.25) is 0 Å². The topological polar surface area (TPSA) is 50.7 Å². The minimum atomic E-state index is 0.467. The van der Waals surface area contributed by atoms with Crippen LogP contribution in [0.4, 0.5) is 11.6 Å². The van der Waals surface area contributed by atoms with Gasteiger partial charge in [0.2, 0.25) is 0 Å². The Kier molecular flexibility index (Phi) is 3.31. The second-order valence-electron chi connectivity index (χ2n) is 4.76. The van der Waals surface area contributed by atoms with E-state index in [9.17, 15) is 0 Å². The van der Waals surface area contributed by atoms with E-state index in [1.165, 1.54) is 5.70 Å². The second-order valence-corrected chi connectivity index (χ2v) is 4.76. The quantitative estimate of drug-likeness (QED) is 0.838. The van der Waals surface area contributed by atoms with Gasteiger partial charge in [0.05, 0.1) is 18.6 Å². The van der Waals surface area contributed by atoms with Crippen molar-refractivity contribution in [3.05, 3.63) is 35.6 Å². The summed E-state index contributed by atoms with van der Waals surface area (Å²) in [7, 11) is 5.40. The molecule has 1 aromatic heterocycles. The van der Waals surface area contributed by atoms with Crippen molar-refractivity contribution < 1.29 is 9.47 Å². The molecule has 2 heterocycles. The number of nitrogens with zero attached hydrogens (tertiary/aromatic N) is 4. The largest absolute Gasteiger partial charge is 0.501 e. The SMILES string of the molecule is COCN1C2=C(C=C(OC)CC2)N(C)c2nccnc21. The summed E-state index contributed by atoms with van der Waals surface area (Å²) in [5, 5.41) is 0. The summed E-state index contributed by atoms with van der Waals surface area (Å²) in [5.41, 5.74) is 2.29. The van der Waals surface area contributed by atoms with Crippen molar-refractivity contribution in [1.82, 2.24) is 9.97 Å². The van der Waals surface area contributed by atoms with Crippen molar-refractivity contribution in [2.75, 3.05) is 37.8 Å². The van der Waals surface area contributed by atoms with Gasteiger partial charge in [0, 0.05) is 44.7 Å². The van der Waals surface area contributed by atoms with Crippen LogP contribution in [-0.4, -0.2) is 38.0 Å². The second kappa shape index (κ2) is 5.13. The van der Waals surface area contributed by atoms with E-state index in [0.717, 1.165) is 35.9 Å². The van der Waals surface area contributed by atoms with E-state index in [0.29, 0.717) is 6.73 Å². The van der Waals surface area contributed by atoms with Gasteiger partial charge < -0.3 is 19.3 Å². The fourth-order valence-electron chi connectivity index (χ4n) is 2.66. The third-order valence-corrected chi connectivity index (χ3v) is 3.64. The molecule has 1 aliphatic heterocycles. The van der Waals surface area contributed by atoms with Crippen molar-refractivity contribution in [3.8, 4) is 0 Å². The molecule has 0 saturated carbocycles. The van der Waals surface area contributed by atoms with E-state index in [-0.39, 0.29) is 0 Å². The summed E-state index contributed by atoms with van der Waals surface area (Å²) in [6.07, 6.45) is 7.27. The molecule has 20 heavy (non-hydrogen) atoms. The summed E-state index contributed by atoms with van der Waals surface area (Å²) < 4.78 is 10.7.